The number of aromatic nitrogens is 1. The molecule has 0 bridgehead atoms. The largest absolute Gasteiger partial charge is 0.247 e. The van der Waals surface area contributed by atoms with Crippen LogP contribution in [-0.2, 0) is 0 Å². The van der Waals surface area contributed by atoms with Crippen molar-refractivity contribution < 1.29 is 0 Å². The van der Waals surface area contributed by atoms with Gasteiger partial charge in [-0.2, -0.15) is 0 Å². The minimum absolute atomic E-state index is 0.432. The number of benzene rings is 3. The first-order valence-electron chi connectivity index (χ1n) is 8.12. The van der Waals surface area contributed by atoms with Crippen LogP contribution in [0.4, 0.5) is 0 Å². The van der Waals surface area contributed by atoms with Gasteiger partial charge in [-0.25, -0.2) is 4.98 Å². The van der Waals surface area contributed by atoms with Gasteiger partial charge in [-0.15, -0.1) is 0 Å². The first-order valence-corrected chi connectivity index (χ1v) is 8.12. The molecule has 0 atom stereocenters. The minimum Gasteiger partial charge on any atom is -0.247 e. The summed E-state index contributed by atoms with van der Waals surface area (Å²) < 4.78 is 0. The highest BCUT2D eigenvalue weighted by Crippen LogP contribution is 2.33. The lowest BCUT2D eigenvalue weighted by molar-refractivity contribution is 0.865. The Kier molecular flexibility index (Phi) is 3.34. The minimum atomic E-state index is 0.432. The normalized spacial score (nSPS) is 11.4. The molecule has 0 aliphatic carbocycles. The average Bonchev–Trinajstić information content (AvgIpc) is 2.61. The number of pyridine rings is 1. The molecule has 112 valence electrons. The van der Waals surface area contributed by atoms with Crippen LogP contribution in [0.1, 0.15) is 25.3 Å². The molecular weight excluding hydrogens is 278 g/mol. The summed E-state index contributed by atoms with van der Waals surface area (Å²) in [6, 6.07) is 25.6. The Hall–Kier alpha value is -2.67. The fourth-order valence-corrected chi connectivity index (χ4v) is 3.21. The fraction of sp³-hybridized carbons (Fsp3) is 0.136. The molecule has 4 aromatic rings. The molecule has 4 rings (SSSR count). The molecule has 0 saturated carbocycles. The van der Waals surface area contributed by atoms with Crippen LogP contribution in [0.3, 0.4) is 0 Å². The van der Waals surface area contributed by atoms with Crippen molar-refractivity contribution in [3.8, 4) is 11.3 Å². The second-order valence-electron chi connectivity index (χ2n) is 6.30. The number of rotatable bonds is 2. The van der Waals surface area contributed by atoms with Crippen molar-refractivity contribution >= 4 is 21.7 Å². The van der Waals surface area contributed by atoms with Crippen LogP contribution in [-0.4, -0.2) is 4.98 Å². The smallest absolute Gasteiger partial charge is 0.0744 e. The van der Waals surface area contributed by atoms with Crippen LogP contribution in [0, 0.1) is 0 Å². The van der Waals surface area contributed by atoms with E-state index in [0.717, 1.165) is 11.2 Å². The van der Waals surface area contributed by atoms with Crippen LogP contribution in [0.15, 0.2) is 72.8 Å². The third kappa shape index (κ3) is 2.39. The van der Waals surface area contributed by atoms with Gasteiger partial charge in [0.05, 0.1) is 11.2 Å². The van der Waals surface area contributed by atoms with Crippen molar-refractivity contribution in [1.29, 1.82) is 0 Å². The zero-order valence-electron chi connectivity index (χ0n) is 13.5. The Labute approximate surface area is 136 Å². The van der Waals surface area contributed by atoms with E-state index in [1.165, 1.54) is 27.3 Å². The Morgan fingerprint density at radius 2 is 1.48 bits per heavy atom. The SMILES string of the molecule is CC(C)c1cc2c(ccc3ccccc32)nc1-c1ccccc1. The highest BCUT2D eigenvalue weighted by Gasteiger charge is 2.13. The quantitative estimate of drug-likeness (QED) is 0.403. The van der Waals surface area contributed by atoms with Crippen molar-refractivity contribution in [2.75, 3.05) is 0 Å². The Morgan fingerprint density at radius 1 is 0.739 bits per heavy atom. The molecule has 1 heteroatoms. The van der Waals surface area contributed by atoms with E-state index in [0.29, 0.717) is 5.92 Å². The van der Waals surface area contributed by atoms with Crippen molar-refractivity contribution in [1.82, 2.24) is 4.98 Å². The van der Waals surface area contributed by atoms with Crippen LogP contribution in [0.2, 0.25) is 0 Å². The number of hydrogen-bond acceptors (Lipinski definition) is 1. The molecule has 0 spiro atoms. The van der Waals surface area contributed by atoms with E-state index >= 15 is 0 Å². The summed E-state index contributed by atoms with van der Waals surface area (Å²) in [6.45, 7) is 4.47. The Morgan fingerprint density at radius 3 is 2.26 bits per heavy atom. The maximum atomic E-state index is 5.02. The predicted molar refractivity (Wildman–Crippen MR) is 98.8 cm³/mol. The highest BCUT2D eigenvalue weighted by molar-refractivity contribution is 6.07. The van der Waals surface area contributed by atoms with Gasteiger partial charge in [0.1, 0.15) is 0 Å². The molecule has 0 N–H and O–H groups in total. The average molecular weight is 297 g/mol. The topological polar surface area (TPSA) is 12.9 Å². The molecule has 0 unspecified atom stereocenters. The molecule has 1 heterocycles. The number of hydrogen-bond donors (Lipinski definition) is 0. The van der Waals surface area contributed by atoms with Gasteiger partial charge >= 0.3 is 0 Å². The van der Waals surface area contributed by atoms with Gasteiger partial charge in [0.25, 0.3) is 0 Å². The van der Waals surface area contributed by atoms with E-state index in [-0.39, 0.29) is 0 Å². The Bertz CT molecular complexity index is 985. The monoisotopic (exact) mass is 297 g/mol. The summed E-state index contributed by atoms with van der Waals surface area (Å²) in [5, 5.41) is 3.79. The van der Waals surface area contributed by atoms with Gasteiger partial charge in [-0.05, 0) is 34.4 Å². The van der Waals surface area contributed by atoms with Crippen molar-refractivity contribution in [2.45, 2.75) is 19.8 Å². The zero-order chi connectivity index (χ0) is 15.8. The van der Waals surface area contributed by atoms with Crippen molar-refractivity contribution in [2.24, 2.45) is 0 Å². The fourth-order valence-electron chi connectivity index (χ4n) is 3.21. The lowest BCUT2D eigenvalue weighted by Gasteiger charge is -2.15. The maximum absolute atomic E-state index is 5.02. The molecule has 1 nitrogen and oxygen atoms in total. The second-order valence-corrected chi connectivity index (χ2v) is 6.30. The van der Waals surface area contributed by atoms with Crippen LogP contribution in [0.25, 0.3) is 32.9 Å². The number of nitrogens with zero attached hydrogens (tertiary/aromatic N) is 1. The van der Waals surface area contributed by atoms with Crippen LogP contribution < -0.4 is 0 Å². The summed E-state index contributed by atoms with van der Waals surface area (Å²) in [5.74, 6) is 0.432. The standard InChI is InChI=1S/C22H19N/c1-15(2)19-14-20-18-11-7-6-8-16(18)12-13-21(20)23-22(19)17-9-4-3-5-10-17/h3-15H,1-2H3. The molecule has 0 saturated heterocycles. The van der Waals surface area contributed by atoms with E-state index in [9.17, 15) is 0 Å². The second kappa shape index (κ2) is 5.51. The van der Waals surface area contributed by atoms with Crippen LogP contribution in [0.5, 0.6) is 0 Å². The van der Waals surface area contributed by atoms with E-state index in [1.807, 2.05) is 6.07 Å². The summed E-state index contributed by atoms with van der Waals surface area (Å²) in [4.78, 5) is 5.02. The predicted octanol–water partition coefficient (Wildman–Crippen LogP) is 6.18. The summed E-state index contributed by atoms with van der Waals surface area (Å²) in [5.41, 5.74) is 4.65. The molecule has 0 amide bonds. The summed E-state index contributed by atoms with van der Waals surface area (Å²) in [6.07, 6.45) is 0. The lowest BCUT2D eigenvalue weighted by atomic mass is 9.94. The molecule has 1 aromatic heterocycles. The van der Waals surface area contributed by atoms with E-state index in [4.69, 9.17) is 4.98 Å². The van der Waals surface area contributed by atoms with Crippen LogP contribution >= 0.6 is 0 Å². The molecule has 23 heavy (non-hydrogen) atoms. The van der Waals surface area contributed by atoms with Gasteiger partial charge in [0.15, 0.2) is 0 Å². The highest BCUT2D eigenvalue weighted by atomic mass is 14.7. The third-order valence-electron chi connectivity index (χ3n) is 4.42. The van der Waals surface area contributed by atoms with Gasteiger partial charge in [-0.1, -0.05) is 74.5 Å². The van der Waals surface area contributed by atoms with E-state index in [1.54, 1.807) is 0 Å². The molecule has 0 radical (unpaired) electrons. The van der Waals surface area contributed by atoms with Crippen molar-refractivity contribution in [3.05, 3.63) is 78.4 Å². The lowest BCUT2D eigenvalue weighted by Crippen LogP contribution is -1.97. The zero-order valence-corrected chi connectivity index (χ0v) is 13.5. The summed E-state index contributed by atoms with van der Waals surface area (Å²) >= 11 is 0. The molecule has 0 aliphatic rings. The molecule has 0 fully saturated rings. The van der Waals surface area contributed by atoms with Crippen molar-refractivity contribution in [3.63, 3.8) is 0 Å². The first-order chi connectivity index (χ1) is 11.2. The molecular formula is C22H19N. The Balaban J connectivity index is 2.08. The molecule has 0 aliphatic heterocycles. The van der Waals surface area contributed by atoms with Gasteiger partial charge in [0.2, 0.25) is 0 Å². The van der Waals surface area contributed by atoms with E-state index in [2.05, 4.69) is 80.6 Å². The summed E-state index contributed by atoms with van der Waals surface area (Å²) in [7, 11) is 0. The van der Waals surface area contributed by atoms with Gasteiger partial charge in [-0.3, -0.25) is 0 Å². The third-order valence-corrected chi connectivity index (χ3v) is 4.42. The molecule has 3 aromatic carbocycles. The maximum Gasteiger partial charge on any atom is 0.0744 e. The first kappa shape index (κ1) is 14.0. The van der Waals surface area contributed by atoms with Gasteiger partial charge in [0, 0.05) is 10.9 Å². The van der Waals surface area contributed by atoms with Gasteiger partial charge < -0.3 is 0 Å². The van der Waals surface area contributed by atoms with E-state index < -0.39 is 0 Å². The number of fused-ring (bicyclic) bond motifs is 3.